The van der Waals surface area contributed by atoms with Crippen LogP contribution >= 0.6 is 0 Å². The van der Waals surface area contributed by atoms with Gasteiger partial charge in [0.15, 0.2) is 0 Å². The van der Waals surface area contributed by atoms with E-state index in [-0.39, 0.29) is 6.04 Å². The van der Waals surface area contributed by atoms with Crippen molar-refractivity contribution in [3.05, 3.63) is 23.8 Å². The first-order valence-corrected chi connectivity index (χ1v) is 8.24. The third kappa shape index (κ3) is 4.13. The molecule has 21 heavy (non-hydrogen) atoms. The van der Waals surface area contributed by atoms with Crippen LogP contribution in [-0.4, -0.2) is 24.7 Å². The van der Waals surface area contributed by atoms with Gasteiger partial charge in [-0.3, -0.25) is 0 Å². The largest absolute Gasteiger partial charge is 0.508 e. The minimum absolute atomic E-state index is 0.191. The van der Waals surface area contributed by atoms with Gasteiger partial charge in [-0.05, 0) is 44.2 Å². The number of hydrogen-bond acceptors (Lipinski definition) is 3. The number of benzene rings is 1. The molecule has 3 nitrogen and oxygen atoms in total. The normalized spacial score (nSPS) is 19.5. The van der Waals surface area contributed by atoms with Crippen molar-refractivity contribution in [3.8, 4) is 5.75 Å². The molecule has 0 aliphatic carbocycles. The standard InChI is InChI=1S/C18H30N2O/c1-5-10-19-14(2)16-8-7-15(12-17(16)21)20-11-6-9-18(3,4)13-20/h7-8,12,14,19,21H,5-6,9-11,13H2,1-4H3. The van der Waals surface area contributed by atoms with Gasteiger partial charge in [-0.2, -0.15) is 0 Å². The van der Waals surface area contributed by atoms with Crippen LogP contribution in [0.4, 0.5) is 5.69 Å². The molecule has 0 saturated carbocycles. The second-order valence-electron chi connectivity index (χ2n) is 7.11. The molecule has 1 aromatic rings. The first-order valence-electron chi connectivity index (χ1n) is 8.24. The smallest absolute Gasteiger partial charge is 0.122 e. The number of hydrogen-bond donors (Lipinski definition) is 2. The first kappa shape index (κ1) is 16.2. The Bertz CT molecular complexity index is 470. The molecule has 1 aliphatic heterocycles. The Morgan fingerprint density at radius 2 is 2.14 bits per heavy atom. The van der Waals surface area contributed by atoms with Gasteiger partial charge < -0.3 is 15.3 Å². The Kier molecular flexibility index (Phi) is 5.15. The summed E-state index contributed by atoms with van der Waals surface area (Å²) >= 11 is 0. The number of nitrogens with zero attached hydrogens (tertiary/aromatic N) is 1. The summed E-state index contributed by atoms with van der Waals surface area (Å²) in [5.41, 5.74) is 2.50. The van der Waals surface area contributed by atoms with Crippen molar-refractivity contribution < 1.29 is 5.11 Å². The summed E-state index contributed by atoms with van der Waals surface area (Å²) in [4.78, 5) is 2.40. The number of piperidine rings is 1. The number of anilines is 1. The van der Waals surface area contributed by atoms with Crippen LogP contribution < -0.4 is 10.2 Å². The van der Waals surface area contributed by atoms with Crippen LogP contribution in [0.5, 0.6) is 5.75 Å². The fraction of sp³-hybridized carbons (Fsp3) is 0.667. The third-order valence-electron chi connectivity index (χ3n) is 4.45. The topological polar surface area (TPSA) is 35.5 Å². The Morgan fingerprint density at radius 3 is 2.76 bits per heavy atom. The van der Waals surface area contributed by atoms with Crippen LogP contribution in [-0.2, 0) is 0 Å². The summed E-state index contributed by atoms with van der Waals surface area (Å²) in [5, 5.41) is 13.8. The van der Waals surface area contributed by atoms with Gasteiger partial charge in [0.1, 0.15) is 5.75 Å². The molecule has 3 heteroatoms. The average molecular weight is 290 g/mol. The highest BCUT2D eigenvalue weighted by Gasteiger charge is 2.26. The van der Waals surface area contributed by atoms with E-state index in [0.717, 1.165) is 37.3 Å². The van der Waals surface area contributed by atoms with Gasteiger partial charge in [-0.25, -0.2) is 0 Å². The van der Waals surface area contributed by atoms with E-state index in [9.17, 15) is 5.11 Å². The molecular weight excluding hydrogens is 260 g/mol. The van der Waals surface area contributed by atoms with Crippen LogP contribution in [0, 0.1) is 5.41 Å². The lowest BCUT2D eigenvalue weighted by Gasteiger charge is -2.39. The maximum Gasteiger partial charge on any atom is 0.122 e. The lowest BCUT2D eigenvalue weighted by molar-refractivity contribution is 0.293. The summed E-state index contributed by atoms with van der Waals surface area (Å²) in [5.74, 6) is 0.409. The molecule has 2 N–H and O–H groups in total. The molecule has 1 aliphatic rings. The summed E-state index contributed by atoms with van der Waals surface area (Å²) < 4.78 is 0. The van der Waals surface area contributed by atoms with Crippen molar-refractivity contribution in [3.63, 3.8) is 0 Å². The molecule has 1 unspecified atom stereocenters. The fourth-order valence-corrected chi connectivity index (χ4v) is 3.21. The highest BCUT2D eigenvalue weighted by molar-refractivity contribution is 5.54. The quantitative estimate of drug-likeness (QED) is 0.857. The number of nitrogens with one attached hydrogen (secondary N) is 1. The van der Waals surface area contributed by atoms with E-state index in [1.165, 1.54) is 12.8 Å². The summed E-state index contributed by atoms with van der Waals surface area (Å²) in [6.45, 7) is 12.0. The van der Waals surface area contributed by atoms with Crippen LogP contribution in [0.1, 0.15) is 58.6 Å². The van der Waals surface area contributed by atoms with Crippen molar-refractivity contribution in [1.82, 2.24) is 5.32 Å². The molecule has 0 aromatic heterocycles. The summed E-state index contributed by atoms with van der Waals surface area (Å²) in [6, 6.07) is 6.35. The minimum Gasteiger partial charge on any atom is -0.508 e. The van der Waals surface area contributed by atoms with Crippen molar-refractivity contribution in [2.24, 2.45) is 5.41 Å². The number of rotatable bonds is 5. The van der Waals surface area contributed by atoms with E-state index in [2.05, 4.69) is 50.0 Å². The monoisotopic (exact) mass is 290 g/mol. The lowest BCUT2D eigenvalue weighted by Crippen LogP contribution is -2.40. The highest BCUT2D eigenvalue weighted by Crippen LogP contribution is 2.34. The average Bonchev–Trinajstić information content (AvgIpc) is 2.43. The molecule has 1 heterocycles. The van der Waals surface area contributed by atoms with Crippen LogP contribution in [0.3, 0.4) is 0 Å². The molecule has 1 fully saturated rings. The molecular formula is C18H30N2O. The van der Waals surface area contributed by atoms with Crippen LogP contribution in [0.15, 0.2) is 18.2 Å². The molecule has 1 atom stereocenters. The molecule has 1 aromatic carbocycles. The van der Waals surface area contributed by atoms with E-state index in [1.54, 1.807) is 0 Å². The summed E-state index contributed by atoms with van der Waals surface area (Å²) in [7, 11) is 0. The molecule has 0 amide bonds. The first-order chi connectivity index (χ1) is 9.93. The second-order valence-corrected chi connectivity index (χ2v) is 7.11. The van der Waals surface area contributed by atoms with Gasteiger partial charge in [0.2, 0.25) is 0 Å². The van der Waals surface area contributed by atoms with Crippen LogP contribution in [0.2, 0.25) is 0 Å². The lowest BCUT2D eigenvalue weighted by atomic mass is 9.84. The van der Waals surface area contributed by atoms with E-state index in [4.69, 9.17) is 0 Å². The molecule has 118 valence electrons. The zero-order chi connectivity index (χ0) is 15.5. The maximum absolute atomic E-state index is 10.4. The molecule has 0 bridgehead atoms. The third-order valence-corrected chi connectivity index (χ3v) is 4.45. The van der Waals surface area contributed by atoms with Crippen molar-refractivity contribution >= 4 is 5.69 Å². The van der Waals surface area contributed by atoms with E-state index in [0.29, 0.717) is 11.2 Å². The van der Waals surface area contributed by atoms with Crippen molar-refractivity contribution in [2.75, 3.05) is 24.5 Å². The predicted molar refractivity (Wildman–Crippen MR) is 90.0 cm³/mol. The predicted octanol–water partition coefficient (Wildman–Crippen LogP) is 4.08. The number of phenols is 1. The zero-order valence-corrected chi connectivity index (χ0v) is 13.9. The van der Waals surface area contributed by atoms with E-state index in [1.807, 2.05) is 6.07 Å². The minimum atomic E-state index is 0.191. The van der Waals surface area contributed by atoms with Gasteiger partial charge in [0, 0.05) is 36.4 Å². The summed E-state index contributed by atoms with van der Waals surface area (Å²) in [6.07, 6.45) is 3.61. The van der Waals surface area contributed by atoms with Crippen molar-refractivity contribution in [1.29, 1.82) is 0 Å². The van der Waals surface area contributed by atoms with Gasteiger partial charge >= 0.3 is 0 Å². The van der Waals surface area contributed by atoms with E-state index >= 15 is 0 Å². The Balaban J connectivity index is 2.11. The molecule has 0 radical (unpaired) electrons. The van der Waals surface area contributed by atoms with Crippen LogP contribution in [0.25, 0.3) is 0 Å². The second kappa shape index (κ2) is 6.69. The van der Waals surface area contributed by atoms with Gasteiger partial charge in [-0.15, -0.1) is 0 Å². The molecule has 2 rings (SSSR count). The highest BCUT2D eigenvalue weighted by atomic mass is 16.3. The molecule has 1 saturated heterocycles. The Morgan fingerprint density at radius 1 is 1.38 bits per heavy atom. The maximum atomic E-state index is 10.4. The van der Waals surface area contributed by atoms with Gasteiger partial charge in [-0.1, -0.05) is 26.8 Å². The van der Waals surface area contributed by atoms with Crippen molar-refractivity contribution in [2.45, 2.75) is 53.0 Å². The number of aromatic hydroxyl groups is 1. The molecule has 0 spiro atoms. The van der Waals surface area contributed by atoms with Gasteiger partial charge in [0.05, 0.1) is 0 Å². The zero-order valence-electron chi connectivity index (χ0n) is 13.9. The number of phenolic OH excluding ortho intramolecular Hbond substituents is 1. The Hall–Kier alpha value is -1.22. The van der Waals surface area contributed by atoms with E-state index < -0.39 is 0 Å². The van der Waals surface area contributed by atoms with Gasteiger partial charge in [0.25, 0.3) is 0 Å². The fourth-order valence-electron chi connectivity index (χ4n) is 3.21. The Labute approximate surface area is 129 Å². The SMILES string of the molecule is CCCNC(C)c1ccc(N2CCCC(C)(C)C2)cc1O.